The molecular weight excluding hydrogens is 358 g/mol. The number of aliphatic carboxylic acids is 1. The second kappa shape index (κ2) is 6.36. The van der Waals surface area contributed by atoms with Crippen LogP contribution in [-0.4, -0.2) is 22.5 Å². The highest BCUT2D eigenvalue weighted by atomic mass is 79.9. The molecule has 114 valence electrons. The minimum Gasteiger partial charge on any atom is -0.480 e. The molecule has 1 aromatic rings. The van der Waals surface area contributed by atoms with Gasteiger partial charge in [-0.3, -0.25) is 4.79 Å². The van der Waals surface area contributed by atoms with Crippen molar-refractivity contribution in [1.82, 2.24) is 5.32 Å². The first kappa shape index (κ1) is 16.3. The summed E-state index contributed by atoms with van der Waals surface area (Å²) in [7, 11) is 0. The first-order valence-electron chi connectivity index (χ1n) is 6.85. The highest BCUT2D eigenvalue weighted by molar-refractivity contribution is 9.10. The molecule has 0 bridgehead atoms. The summed E-state index contributed by atoms with van der Waals surface area (Å²) in [4.78, 5) is 24.1. The van der Waals surface area contributed by atoms with Gasteiger partial charge in [-0.1, -0.05) is 47.3 Å². The summed E-state index contributed by atoms with van der Waals surface area (Å²) in [5.41, 5.74) is -0.899. The Balaban J connectivity index is 2.24. The number of nitrogens with one attached hydrogen (secondary N) is 1. The molecule has 0 aliphatic heterocycles. The second-order valence-corrected chi connectivity index (χ2v) is 6.99. The van der Waals surface area contributed by atoms with Crippen molar-refractivity contribution in [2.75, 3.05) is 0 Å². The summed E-state index contributed by atoms with van der Waals surface area (Å²) in [6.07, 6.45) is 2.68. The van der Waals surface area contributed by atoms with E-state index in [1.54, 1.807) is 18.2 Å². The van der Waals surface area contributed by atoms with E-state index in [-0.39, 0.29) is 5.92 Å². The van der Waals surface area contributed by atoms with E-state index < -0.39 is 17.4 Å². The first-order chi connectivity index (χ1) is 9.84. The van der Waals surface area contributed by atoms with Crippen molar-refractivity contribution in [3.63, 3.8) is 0 Å². The number of hydrogen-bond donors (Lipinski definition) is 2. The second-order valence-electron chi connectivity index (χ2n) is 5.67. The van der Waals surface area contributed by atoms with Crippen molar-refractivity contribution in [3.8, 4) is 0 Å². The monoisotopic (exact) mass is 373 g/mol. The normalized spacial score (nSPS) is 25.4. The fourth-order valence-electron chi connectivity index (χ4n) is 2.87. The van der Waals surface area contributed by atoms with Crippen LogP contribution in [0.25, 0.3) is 0 Å². The van der Waals surface area contributed by atoms with E-state index in [1.807, 2.05) is 6.92 Å². The lowest BCUT2D eigenvalue weighted by molar-refractivity contribution is -0.146. The van der Waals surface area contributed by atoms with Crippen LogP contribution in [0.3, 0.4) is 0 Å². The molecule has 4 nitrogen and oxygen atoms in total. The van der Waals surface area contributed by atoms with Crippen molar-refractivity contribution in [1.29, 1.82) is 0 Å². The van der Waals surface area contributed by atoms with Gasteiger partial charge in [-0.25, -0.2) is 4.79 Å². The average molecular weight is 375 g/mol. The summed E-state index contributed by atoms with van der Waals surface area (Å²) in [6.45, 7) is 2.01. The highest BCUT2D eigenvalue weighted by Gasteiger charge is 2.43. The molecule has 2 atom stereocenters. The first-order valence-corrected chi connectivity index (χ1v) is 8.02. The maximum atomic E-state index is 12.4. The number of rotatable bonds is 3. The van der Waals surface area contributed by atoms with Crippen molar-refractivity contribution < 1.29 is 14.7 Å². The van der Waals surface area contributed by atoms with Crippen LogP contribution < -0.4 is 5.32 Å². The van der Waals surface area contributed by atoms with Gasteiger partial charge in [0, 0.05) is 4.47 Å². The standard InChI is InChI=1S/C15H17BrClNO3/c1-9-3-2-6-15(8-9,14(20)21)18-13(19)11-5-4-10(16)7-12(11)17/h4-5,7,9H,2-3,6,8H2,1H3,(H,18,19)(H,20,21). The van der Waals surface area contributed by atoms with Crippen molar-refractivity contribution in [2.45, 2.75) is 38.1 Å². The van der Waals surface area contributed by atoms with E-state index in [9.17, 15) is 14.7 Å². The fourth-order valence-corrected chi connectivity index (χ4v) is 3.63. The average Bonchev–Trinajstić information content (AvgIpc) is 2.38. The molecule has 1 aromatic carbocycles. The summed E-state index contributed by atoms with van der Waals surface area (Å²) in [5.74, 6) is -1.14. The van der Waals surface area contributed by atoms with Gasteiger partial charge in [0.2, 0.25) is 0 Å². The van der Waals surface area contributed by atoms with Crippen LogP contribution in [0.5, 0.6) is 0 Å². The van der Waals surface area contributed by atoms with Crippen LogP contribution in [0.4, 0.5) is 0 Å². The molecule has 1 aliphatic rings. The van der Waals surface area contributed by atoms with Crippen LogP contribution in [0.1, 0.15) is 43.0 Å². The van der Waals surface area contributed by atoms with E-state index in [0.29, 0.717) is 23.4 Å². The maximum Gasteiger partial charge on any atom is 0.329 e. The number of carboxylic acids is 1. The van der Waals surface area contributed by atoms with Crippen molar-refractivity contribution in [2.24, 2.45) is 5.92 Å². The van der Waals surface area contributed by atoms with Gasteiger partial charge < -0.3 is 10.4 Å². The van der Waals surface area contributed by atoms with Gasteiger partial charge in [0.25, 0.3) is 5.91 Å². The number of halogens is 2. The molecule has 2 rings (SSSR count). The molecule has 21 heavy (non-hydrogen) atoms. The maximum absolute atomic E-state index is 12.4. The lowest BCUT2D eigenvalue weighted by Crippen LogP contribution is -2.56. The van der Waals surface area contributed by atoms with Crippen LogP contribution >= 0.6 is 27.5 Å². The van der Waals surface area contributed by atoms with Gasteiger partial charge in [-0.05, 0) is 37.0 Å². The van der Waals surface area contributed by atoms with Gasteiger partial charge in [0.05, 0.1) is 10.6 Å². The molecule has 1 aliphatic carbocycles. The Hall–Kier alpha value is -1.07. The summed E-state index contributed by atoms with van der Waals surface area (Å²) in [6, 6.07) is 4.91. The number of carboxylic acid groups (broad SMARTS) is 1. The van der Waals surface area contributed by atoms with Gasteiger partial charge in [0.15, 0.2) is 0 Å². The summed E-state index contributed by atoms with van der Waals surface area (Å²) >= 11 is 9.33. The largest absolute Gasteiger partial charge is 0.480 e. The Morgan fingerprint density at radius 1 is 1.48 bits per heavy atom. The Bertz CT molecular complexity index is 578. The van der Waals surface area contributed by atoms with Gasteiger partial charge >= 0.3 is 5.97 Å². The number of carbonyl (C=O) groups excluding carboxylic acids is 1. The predicted octanol–water partition coefficient (Wildman–Crippen LogP) is 3.87. The van der Waals surface area contributed by atoms with E-state index in [4.69, 9.17) is 11.6 Å². The Labute approximate surface area is 137 Å². The third-order valence-corrected chi connectivity index (χ3v) is 4.74. The predicted molar refractivity (Wildman–Crippen MR) is 84.6 cm³/mol. The van der Waals surface area contributed by atoms with E-state index in [1.165, 1.54) is 0 Å². The van der Waals surface area contributed by atoms with Crippen LogP contribution in [0.15, 0.2) is 22.7 Å². The quantitative estimate of drug-likeness (QED) is 0.844. The minimum atomic E-state index is -1.19. The summed E-state index contributed by atoms with van der Waals surface area (Å²) in [5, 5.41) is 12.6. The molecule has 1 fully saturated rings. The molecule has 2 N–H and O–H groups in total. The van der Waals surface area contributed by atoms with Crippen molar-refractivity contribution >= 4 is 39.4 Å². The Morgan fingerprint density at radius 3 is 2.76 bits per heavy atom. The fraction of sp³-hybridized carbons (Fsp3) is 0.467. The molecule has 1 amide bonds. The topological polar surface area (TPSA) is 66.4 Å². The lowest BCUT2D eigenvalue weighted by Gasteiger charge is -2.37. The zero-order chi connectivity index (χ0) is 15.6. The molecule has 0 saturated heterocycles. The van der Waals surface area contributed by atoms with Crippen LogP contribution in [0.2, 0.25) is 5.02 Å². The zero-order valence-electron chi connectivity index (χ0n) is 11.7. The molecule has 6 heteroatoms. The molecule has 1 saturated carbocycles. The molecule has 0 spiro atoms. The van der Waals surface area contributed by atoms with E-state index in [2.05, 4.69) is 21.2 Å². The number of amides is 1. The highest BCUT2D eigenvalue weighted by Crippen LogP contribution is 2.33. The van der Waals surface area contributed by atoms with Crippen molar-refractivity contribution in [3.05, 3.63) is 33.3 Å². The molecule has 0 radical (unpaired) electrons. The van der Waals surface area contributed by atoms with E-state index in [0.717, 1.165) is 17.3 Å². The smallest absolute Gasteiger partial charge is 0.329 e. The molecule has 0 heterocycles. The third-order valence-electron chi connectivity index (χ3n) is 3.94. The molecular formula is C15H17BrClNO3. The number of hydrogen-bond acceptors (Lipinski definition) is 2. The zero-order valence-corrected chi connectivity index (χ0v) is 14.0. The van der Waals surface area contributed by atoms with E-state index >= 15 is 0 Å². The molecule has 0 aromatic heterocycles. The SMILES string of the molecule is CC1CCCC(NC(=O)c2ccc(Br)cc2Cl)(C(=O)O)C1. The third kappa shape index (κ3) is 3.58. The number of carbonyl (C=O) groups is 2. The lowest BCUT2D eigenvalue weighted by atomic mass is 9.76. The van der Waals surface area contributed by atoms with Gasteiger partial charge in [-0.2, -0.15) is 0 Å². The Kier molecular flexibility index (Phi) is 4.94. The minimum absolute atomic E-state index is 0.274. The van der Waals surface area contributed by atoms with Gasteiger partial charge in [0.1, 0.15) is 5.54 Å². The summed E-state index contributed by atoms with van der Waals surface area (Å²) < 4.78 is 0.767. The van der Waals surface area contributed by atoms with Crippen LogP contribution in [-0.2, 0) is 4.79 Å². The number of benzene rings is 1. The van der Waals surface area contributed by atoms with Crippen LogP contribution in [0, 0.1) is 5.92 Å². The van der Waals surface area contributed by atoms with Gasteiger partial charge in [-0.15, -0.1) is 0 Å². The molecule has 2 unspecified atom stereocenters. The Morgan fingerprint density at radius 2 is 2.19 bits per heavy atom.